The summed E-state index contributed by atoms with van der Waals surface area (Å²) in [7, 11) is 0. The maximum Gasteiger partial charge on any atom is 0.255 e. The fourth-order valence-electron chi connectivity index (χ4n) is 2.53. The number of primary amides is 1. The summed E-state index contributed by atoms with van der Waals surface area (Å²) in [5.41, 5.74) is 11.2. The second-order valence-corrected chi connectivity index (χ2v) is 5.63. The zero-order chi connectivity index (χ0) is 13.0. The number of nitrogens with two attached hydrogens (primary N) is 2. The largest absolute Gasteiger partial charge is 0.382 e. The van der Waals surface area contributed by atoms with Crippen molar-refractivity contribution in [3.05, 3.63) is 5.56 Å². The Morgan fingerprint density at radius 3 is 2.78 bits per heavy atom. The van der Waals surface area contributed by atoms with Gasteiger partial charge >= 0.3 is 0 Å². The second kappa shape index (κ2) is 6.04. The topological polar surface area (TPSA) is 94.0 Å². The van der Waals surface area contributed by atoms with Gasteiger partial charge in [0.15, 0.2) is 5.82 Å². The minimum atomic E-state index is -0.513. The molecule has 1 amide bonds. The third-order valence-corrected chi connectivity index (χ3v) is 4.35. The number of hydrogen-bond donors (Lipinski definition) is 3. The molecule has 0 aliphatic heterocycles. The Balaban J connectivity index is 1.84. The first-order chi connectivity index (χ1) is 8.68. The van der Waals surface area contributed by atoms with Gasteiger partial charge < -0.3 is 16.8 Å². The van der Waals surface area contributed by atoms with Gasteiger partial charge in [0.1, 0.15) is 10.6 Å². The molecule has 6 heteroatoms. The summed E-state index contributed by atoms with van der Waals surface area (Å²) < 4.78 is 3.96. The van der Waals surface area contributed by atoms with Crippen LogP contribution in [-0.2, 0) is 0 Å². The number of nitrogen functional groups attached to an aromatic ring is 1. The predicted octanol–water partition coefficient (Wildman–Crippen LogP) is 2.21. The van der Waals surface area contributed by atoms with Crippen LogP contribution in [0.2, 0.25) is 0 Å². The van der Waals surface area contributed by atoms with Crippen LogP contribution < -0.4 is 16.8 Å². The Hall–Kier alpha value is -1.30. The van der Waals surface area contributed by atoms with Crippen molar-refractivity contribution >= 4 is 28.3 Å². The molecule has 0 aromatic carbocycles. The zero-order valence-corrected chi connectivity index (χ0v) is 11.3. The van der Waals surface area contributed by atoms with E-state index in [1.165, 1.54) is 43.6 Å². The smallest absolute Gasteiger partial charge is 0.255 e. The van der Waals surface area contributed by atoms with Gasteiger partial charge in [-0.15, -0.1) is 0 Å². The van der Waals surface area contributed by atoms with Crippen molar-refractivity contribution in [1.29, 1.82) is 0 Å². The van der Waals surface area contributed by atoms with E-state index >= 15 is 0 Å². The van der Waals surface area contributed by atoms with Gasteiger partial charge in [0, 0.05) is 6.54 Å². The Labute approximate surface area is 111 Å². The molecule has 0 atom stereocenters. The van der Waals surface area contributed by atoms with Crippen molar-refractivity contribution in [2.75, 3.05) is 17.6 Å². The van der Waals surface area contributed by atoms with Crippen LogP contribution in [0.1, 0.15) is 48.9 Å². The van der Waals surface area contributed by atoms with E-state index in [0.717, 1.165) is 18.9 Å². The number of amides is 1. The quantitative estimate of drug-likeness (QED) is 0.763. The van der Waals surface area contributed by atoms with Crippen LogP contribution >= 0.6 is 11.5 Å². The monoisotopic (exact) mass is 268 g/mol. The van der Waals surface area contributed by atoms with Crippen LogP contribution in [0.4, 0.5) is 10.8 Å². The number of rotatable bonds is 5. The normalized spacial score (nSPS) is 16.7. The average Bonchev–Trinajstić information content (AvgIpc) is 2.72. The Bertz CT molecular complexity index is 412. The van der Waals surface area contributed by atoms with Crippen molar-refractivity contribution in [3.8, 4) is 0 Å². The van der Waals surface area contributed by atoms with E-state index in [2.05, 4.69) is 9.69 Å². The molecule has 0 bridgehead atoms. The Morgan fingerprint density at radius 1 is 1.39 bits per heavy atom. The zero-order valence-electron chi connectivity index (χ0n) is 10.4. The molecular formula is C12H20N4OS. The Kier molecular flexibility index (Phi) is 4.41. The van der Waals surface area contributed by atoms with E-state index < -0.39 is 5.91 Å². The van der Waals surface area contributed by atoms with Gasteiger partial charge in [0.2, 0.25) is 0 Å². The number of carbonyl (C=O) groups is 1. The maximum absolute atomic E-state index is 11.2. The van der Waals surface area contributed by atoms with Gasteiger partial charge in [0.05, 0.1) is 0 Å². The molecule has 1 heterocycles. The number of nitrogens with one attached hydrogen (secondary N) is 1. The van der Waals surface area contributed by atoms with Crippen LogP contribution in [0, 0.1) is 5.92 Å². The molecule has 1 aromatic heterocycles. The SMILES string of the molecule is NC(=O)c1c(N)nsc1NCCC1CCCCC1. The van der Waals surface area contributed by atoms with E-state index in [1.54, 1.807) is 0 Å². The van der Waals surface area contributed by atoms with Gasteiger partial charge in [-0.3, -0.25) is 4.79 Å². The molecule has 2 rings (SSSR count). The predicted molar refractivity (Wildman–Crippen MR) is 74.7 cm³/mol. The molecule has 0 radical (unpaired) electrons. The van der Waals surface area contributed by atoms with Crippen molar-refractivity contribution in [1.82, 2.24) is 4.37 Å². The molecule has 100 valence electrons. The van der Waals surface area contributed by atoms with Crippen molar-refractivity contribution in [2.24, 2.45) is 11.7 Å². The third-order valence-electron chi connectivity index (χ3n) is 3.53. The highest BCUT2D eigenvalue weighted by atomic mass is 32.1. The first-order valence-corrected chi connectivity index (χ1v) is 7.24. The number of anilines is 2. The summed E-state index contributed by atoms with van der Waals surface area (Å²) in [6.45, 7) is 0.854. The van der Waals surface area contributed by atoms with E-state index in [4.69, 9.17) is 11.5 Å². The van der Waals surface area contributed by atoms with Crippen LogP contribution in [-0.4, -0.2) is 16.8 Å². The third kappa shape index (κ3) is 3.13. The summed E-state index contributed by atoms with van der Waals surface area (Å²) in [5.74, 6) is 0.530. The Morgan fingerprint density at radius 2 is 2.11 bits per heavy atom. The minimum absolute atomic E-state index is 0.229. The van der Waals surface area contributed by atoms with Gasteiger partial charge in [-0.25, -0.2) is 0 Å². The van der Waals surface area contributed by atoms with E-state index in [1.807, 2.05) is 0 Å². The molecule has 1 aliphatic carbocycles. The maximum atomic E-state index is 11.2. The summed E-state index contributed by atoms with van der Waals surface area (Å²) >= 11 is 1.20. The summed E-state index contributed by atoms with van der Waals surface area (Å²) in [6.07, 6.45) is 7.87. The van der Waals surface area contributed by atoms with Crippen LogP contribution in [0.25, 0.3) is 0 Å². The van der Waals surface area contributed by atoms with Crippen molar-refractivity contribution in [3.63, 3.8) is 0 Å². The lowest BCUT2D eigenvalue weighted by Gasteiger charge is -2.21. The van der Waals surface area contributed by atoms with Crippen LogP contribution in [0.3, 0.4) is 0 Å². The molecule has 1 saturated carbocycles. The van der Waals surface area contributed by atoms with E-state index in [-0.39, 0.29) is 5.82 Å². The number of carbonyl (C=O) groups excluding carboxylic acids is 1. The first-order valence-electron chi connectivity index (χ1n) is 6.47. The van der Waals surface area contributed by atoms with Crippen molar-refractivity contribution in [2.45, 2.75) is 38.5 Å². The van der Waals surface area contributed by atoms with Gasteiger partial charge in [0.25, 0.3) is 5.91 Å². The molecule has 0 spiro atoms. The molecule has 5 nitrogen and oxygen atoms in total. The number of hydrogen-bond acceptors (Lipinski definition) is 5. The molecule has 0 saturated heterocycles. The molecule has 5 N–H and O–H groups in total. The molecule has 0 unspecified atom stereocenters. The van der Waals surface area contributed by atoms with E-state index in [9.17, 15) is 4.79 Å². The highest BCUT2D eigenvalue weighted by Gasteiger charge is 2.17. The molecule has 1 fully saturated rings. The summed E-state index contributed by atoms with van der Waals surface area (Å²) in [5, 5.41) is 3.94. The lowest BCUT2D eigenvalue weighted by Crippen LogP contribution is -2.16. The van der Waals surface area contributed by atoms with Crippen LogP contribution in [0.15, 0.2) is 0 Å². The van der Waals surface area contributed by atoms with Crippen molar-refractivity contribution < 1.29 is 4.79 Å². The summed E-state index contributed by atoms with van der Waals surface area (Å²) in [6, 6.07) is 0. The van der Waals surface area contributed by atoms with Gasteiger partial charge in [-0.05, 0) is 23.9 Å². The average molecular weight is 268 g/mol. The first kappa shape index (κ1) is 13.1. The standard InChI is InChI=1S/C12H20N4OS/c13-10-9(11(14)17)12(18-16-10)15-7-6-8-4-2-1-3-5-8/h8,15H,1-7H2,(H2,13,16)(H2,14,17). The summed E-state index contributed by atoms with van der Waals surface area (Å²) in [4.78, 5) is 11.2. The fraction of sp³-hybridized carbons (Fsp3) is 0.667. The lowest BCUT2D eigenvalue weighted by molar-refractivity contribution is 0.100. The molecule has 18 heavy (non-hydrogen) atoms. The molecular weight excluding hydrogens is 248 g/mol. The van der Waals surface area contributed by atoms with Gasteiger partial charge in [-0.1, -0.05) is 32.1 Å². The molecule has 1 aliphatic rings. The minimum Gasteiger partial charge on any atom is -0.382 e. The van der Waals surface area contributed by atoms with E-state index in [0.29, 0.717) is 10.6 Å². The lowest BCUT2D eigenvalue weighted by atomic mass is 9.87. The fourth-order valence-corrected chi connectivity index (χ4v) is 3.27. The van der Waals surface area contributed by atoms with Gasteiger partial charge in [-0.2, -0.15) is 4.37 Å². The number of nitrogens with zero attached hydrogens (tertiary/aromatic N) is 1. The number of aromatic nitrogens is 1. The molecule has 1 aromatic rings. The van der Waals surface area contributed by atoms with Crippen LogP contribution in [0.5, 0.6) is 0 Å². The highest BCUT2D eigenvalue weighted by Crippen LogP contribution is 2.28. The highest BCUT2D eigenvalue weighted by molar-refractivity contribution is 7.11. The second-order valence-electron chi connectivity index (χ2n) is 4.86.